The smallest absolute Gasteiger partial charge is 0.235 e. The highest BCUT2D eigenvalue weighted by Crippen LogP contribution is 2.48. The maximum Gasteiger partial charge on any atom is 0.235 e. The average molecular weight is 668 g/mol. The van der Waals surface area contributed by atoms with Crippen molar-refractivity contribution in [1.29, 1.82) is 0 Å². The Hall–Kier alpha value is -6.63. The zero-order valence-corrected chi connectivity index (χ0v) is 27.9. The summed E-state index contributed by atoms with van der Waals surface area (Å²) in [7, 11) is 0. The molecule has 0 bridgehead atoms. The van der Waals surface area contributed by atoms with Crippen LogP contribution in [0.4, 0.5) is 0 Å². The third-order valence-corrected chi connectivity index (χ3v) is 11.7. The molecule has 12 rings (SSSR count). The number of nitrogens with zero attached hydrogens (tertiary/aromatic N) is 5. The summed E-state index contributed by atoms with van der Waals surface area (Å²) < 4.78 is 7.11. The van der Waals surface area contributed by atoms with Crippen molar-refractivity contribution in [3.63, 3.8) is 0 Å². The van der Waals surface area contributed by atoms with E-state index in [1.165, 1.54) is 41.7 Å². The zero-order chi connectivity index (χ0) is 33.2. The maximum absolute atomic E-state index is 5.60. The number of rotatable bonds is 2. The van der Waals surface area contributed by atoms with Crippen molar-refractivity contribution in [2.24, 2.45) is 0 Å². The van der Waals surface area contributed by atoms with Crippen molar-refractivity contribution in [3.8, 4) is 17.2 Å². The molecule has 7 aromatic carbocycles. The van der Waals surface area contributed by atoms with Gasteiger partial charge in [-0.05, 0) is 41.1 Å². The van der Waals surface area contributed by atoms with Gasteiger partial charge in [0, 0.05) is 37.2 Å². The first kappa shape index (κ1) is 27.2. The first-order chi connectivity index (χ1) is 25.3. The molecule has 51 heavy (non-hydrogen) atoms. The van der Waals surface area contributed by atoms with Crippen LogP contribution in [0, 0.1) is 0 Å². The molecule has 0 fully saturated rings. The molecule has 6 heteroatoms. The monoisotopic (exact) mass is 667 g/mol. The summed E-state index contributed by atoms with van der Waals surface area (Å²) in [5.74, 6) is 0.646. The molecule has 5 heterocycles. The highest BCUT2D eigenvalue weighted by atomic mass is 32.1. The van der Waals surface area contributed by atoms with E-state index in [9.17, 15) is 0 Å². The molecular weight excluding hydrogens is 643 g/mol. The number of hydrogen-bond donors (Lipinski definition) is 0. The van der Waals surface area contributed by atoms with Crippen LogP contribution in [0.15, 0.2) is 152 Å². The zero-order valence-electron chi connectivity index (χ0n) is 27.1. The fourth-order valence-corrected chi connectivity index (χ4v) is 9.66. The molecule has 0 aliphatic heterocycles. The van der Waals surface area contributed by atoms with Gasteiger partial charge in [-0.2, -0.15) is 0 Å². The van der Waals surface area contributed by atoms with Crippen LogP contribution in [0.25, 0.3) is 108 Å². The number of pyridine rings is 1. The lowest BCUT2D eigenvalue weighted by Gasteiger charge is -2.15. The van der Waals surface area contributed by atoms with E-state index in [4.69, 9.17) is 15.0 Å². The number of hydrogen-bond acceptors (Lipinski definition) is 4. The van der Waals surface area contributed by atoms with E-state index in [-0.39, 0.29) is 0 Å². The van der Waals surface area contributed by atoms with Crippen LogP contribution in [0.5, 0.6) is 0 Å². The summed E-state index contributed by atoms with van der Waals surface area (Å²) >= 11 is 1.85. The van der Waals surface area contributed by atoms with Crippen LogP contribution in [-0.4, -0.2) is 23.9 Å². The Bertz CT molecular complexity index is 3430. The number of thiophene rings is 1. The van der Waals surface area contributed by atoms with Gasteiger partial charge in [0.1, 0.15) is 5.65 Å². The second-order valence-electron chi connectivity index (χ2n) is 13.2. The molecule has 0 spiro atoms. The number of aromatic nitrogens is 5. The highest BCUT2D eigenvalue weighted by Gasteiger charge is 2.25. The Morgan fingerprint density at radius 2 is 1.08 bits per heavy atom. The largest absolute Gasteiger partial charge is 0.292 e. The quantitative estimate of drug-likeness (QED) is 0.172. The summed E-state index contributed by atoms with van der Waals surface area (Å²) in [5.41, 5.74) is 8.92. The van der Waals surface area contributed by atoms with E-state index in [1.54, 1.807) is 0 Å². The second-order valence-corrected chi connectivity index (χ2v) is 14.2. The van der Waals surface area contributed by atoms with E-state index in [0.717, 1.165) is 60.8 Å². The molecule has 0 atom stereocenters. The molecular formula is C45H25N5S. The summed E-state index contributed by atoms with van der Waals surface area (Å²) in [6, 6.07) is 53.7. The number of fused-ring (bicyclic) bond motifs is 18. The number of imidazole rings is 1. The molecule has 236 valence electrons. The van der Waals surface area contributed by atoms with Gasteiger partial charge in [0.2, 0.25) is 5.95 Å². The molecule has 0 N–H and O–H groups in total. The van der Waals surface area contributed by atoms with E-state index < -0.39 is 0 Å². The molecule has 0 radical (unpaired) electrons. The highest BCUT2D eigenvalue weighted by molar-refractivity contribution is 7.27. The Morgan fingerprint density at radius 3 is 1.90 bits per heavy atom. The van der Waals surface area contributed by atoms with Gasteiger partial charge < -0.3 is 0 Å². The van der Waals surface area contributed by atoms with Crippen molar-refractivity contribution < 1.29 is 0 Å². The van der Waals surface area contributed by atoms with Crippen molar-refractivity contribution in [3.05, 3.63) is 152 Å². The van der Waals surface area contributed by atoms with Crippen LogP contribution in [0.2, 0.25) is 0 Å². The Labute approximate surface area is 294 Å². The van der Waals surface area contributed by atoms with Crippen molar-refractivity contribution >= 4 is 103 Å². The minimum Gasteiger partial charge on any atom is -0.292 e. The van der Waals surface area contributed by atoms with E-state index in [0.29, 0.717) is 5.95 Å². The van der Waals surface area contributed by atoms with Crippen molar-refractivity contribution in [2.75, 3.05) is 0 Å². The van der Waals surface area contributed by atoms with Crippen LogP contribution >= 0.6 is 11.3 Å². The summed E-state index contributed by atoms with van der Waals surface area (Å²) in [6.07, 6.45) is 0. The van der Waals surface area contributed by atoms with Gasteiger partial charge in [-0.25, -0.2) is 15.0 Å². The minimum absolute atomic E-state index is 0.646. The topological polar surface area (TPSA) is 48.0 Å². The summed E-state index contributed by atoms with van der Waals surface area (Å²) in [6.45, 7) is 0. The van der Waals surface area contributed by atoms with E-state index in [1.807, 2.05) is 17.4 Å². The lowest BCUT2D eigenvalue weighted by Crippen LogP contribution is -2.05. The van der Waals surface area contributed by atoms with Crippen LogP contribution in [0.1, 0.15) is 0 Å². The molecule has 0 aliphatic carbocycles. The van der Waals surface area contributed by atoms with Gasteiger partial charge in [0.25, 0.3) is 0 Å². The molecule has 5 nitrogen and oxygen atoms in total. The van der Waals surface area contributed by atoms with Gasteiger partial charge in [-0.15, -0.1) is 11.3 Å². The fraction of sp³-hybridized carbons (Fsp3) is 0. The number of para-hydroxylation sites is 4. The minimum atomic E-state index is 0.646. The Morgan fingerprint density at radius 1 is 0.451 bits per heavy atom. The van der Waals surface area contributed by atoms with Crippen molar-refractivity contribution in [2.45, 2.75) is 0 Å². The van der Waals surface area contributed by atoms with Gasteiger partial charge in [0.15, 0.2) is 0 Å². The Balaban J connectivity index is 1.34. The summed E-state index contributed by atoms with van der Waals surface area (Å²) in [5, 5.41) is 9.47. The average Bonchev–Trinajstić information content (AvgIpc) is 3.88. The van der Waals surface area contributed by atoms with Crippen LogP contribution < -0.4 is 0 Å². The fourth-order valence-electron chi connectivity index (χ4n) is 8.40. The Kier molecular flexibility index (Phi) is 5.32. The first-order valence-corrected chi connectivity index (χ1v) is 18.0. The standard InChI is InChI=1S/C45H25N5S/c1-2-14-26(15-3-1)40-39-41(30-19-7-11-23-34(30)49-35-24-12-9-21-32(35)46-44(39)49)48-45(47-40)50-33-22-10-6-18-29(33)37-27-16-4-5-17-28(27)38-31-20-8-13-25-36(31)51-43(38)42(37)50/h1-25H. The molecule has 12 aromatic rings. The SMILES string of the molecule is c1ccc(-c2nc(-n3c4ccccc4c4c5ccccc5c5c6ccccc6sc5c43)nc3c4ccccc4n4c5ccccc5nc4c23)cc1. The third kappa shape index (κ3) is 3.56. The maximum atomic E-state index is 5.60. The van der Waals surface area contributed by atoms with Gasteiger partial charge in [0.05, 0.1) is 48.9 Å². The predicted molar refractivity (Wildman–Crippen MR) is 213 cm³/mol. The van der Waals surface area contributed by atoms with Gasteiger partial charge in [-0.1, -0.05) is 121 Å². The van der Waals surface area contributed by atoms with Crippen LogP contribution in [-0.2, 0) is 0 Å². The molecule has 0 aliphatic rings. The third-order valence-electron chi connectivity index (χ3n) is 10.5. The number of benzene rings is 7. The predicted octanol–water partition coefficient (Wildman–Crippen LogP) is 11.9. The molecule has 5 aromatic heterocycles. The van der Waals surface area contributed by atoms with Gasteiger partial charge in [-0.3, -0.25) is 8.97 Å². The lowest BCUT2D eigenvalue weighted by molar-refractivity contribution is 1.02. The van der Waals surface area contributed by atoms with Crippen molar-refractivity contribution in [1.82, 2.24) is 23.9 Å². The van der Waals surface area contributed by atoms with Gasteiger partial charge >= 0.3 is 0 Å². The van der Waals surface area contributed by atoms with E-state index in [2.05, 4.69) is 155 Å². The van der Waals surface area contributed by atoms with E-state index >= 15 is 0 Å². The lowest BCUT2D eigenvalue weighted by atomic mass is 9.99. The normalized spacial score (nSPS) is 12.3. The summed E-state index contributed by atoms with van der Waals surface area (Å²) in [4.78, 5) is 16.4. The molecule has 0 unspecified atom stereocenters. The van der Waals surface area contributed by atoms with Crippen LogP contribution in [0.3, 0.4) is 0 Å². The molecule has 0 saturated carbocycles. The second kappa shape index (κ2) is 9.97. The molecule has 0 saturated heterocycles. The molecule has 0 amide bonds. The first-order valence-electron chi connectivity index (χ1n) is 17.1.